The van der Waals surface area contributed by atoms with Crippen molar-refractivity contribution in [1.29, 1.82) is 0 Å². The van der Waals surface area contributed by atoms with Crippen LogP contribution in [-0.4, -0.2) is 25.1 Å². The molecule has 112 valence electrons. The van der Waals surface area contributed by atoms with E-state index >= 15 is 0 Å². The van der Waals surface area contributed by atoms with Gasteiger partial charge < -0.3 is 6.15 Å². The number of hydrogen-bond donors (Lipinski definition) is 2. The summed E-state index contributed by atoms with van der Waals surface area (Å²) in [6.07, 6.45) is 4.42. The van der Waals surface area contributed by atoms with Crippen molar-refractivity contribution < 1.29 is 21.8 Å². The van der Waals surface area contributed by atoms with E-state index in [2.05, 4.69) is 0 Å². The molecule has 18 heavy (non-hydrogen) atoms. The van der Waals surface area contributed by atoms with Crippen LogP contribution in [0.25, 0.3) is 0 Å². The minimum Gasteiger partial charge on any atom is -0.344 e. The topological polar surface area (TPSA) is 89.4 Å². The van der Waals surface area contributed by atoms with E-state index in [1.165, 1.54) is 0 Å². The molecule has 0 fully saturated rings. The van der Waals surface area contributed by atoms with Crippen LogP contribution in [0.4, 0.5) is 8.78 Å². The van der Waals surface area contributed by atoms with Gasteiger partial charge in [0.15, 0.2) is 0 Å². The monoisotopic (exact) mass is 289 g/mol. The van der Waals surface area contributed by atoms with Crippen LogP contribution in [0.15, 0.2) is 0 Å². The second-order valence-electron chi connectivity index (χ2n) is 4.29. The summed E-state index contributed by atoms with van der Waals surface area (Å²) in [7, 11) is -3.81. The summed E-state index contributed by atoms with van der Waals surface area (Å²) in [5.74, 6) is -0.165. The second-order valence-corrected chi connectivity index (χ2v) is 5.87. The van der Waals surface area contributed by atoms with Crippen molar-refractivity contribution in [1.82, 2.24) is 6.15 Å². The fourth-order valence-corrected chi connectivity index (χ4v) is 2.21. The summed E-state index contributed by atoms with van der Waals surface area (Å²) in [4.78, 5) is 0. The quantitative estimate of drug-likeness (QED) is 0.447. The SMILES string of the molecule is N.O=S(=O)(O)CCCCCCCCCCC(F)F. The molecule has 4 nitrogen and oxygen atoms in total. The van der Waals surface area contributed by atoms with Crippen molar-refractivity contribution in [2.45, 2.75) is 64.2 Å². The summed E-state index contributed by atoms with van der Waals surface area (Å²) in [6, 6.07) is 0. The molecule has 0 aliphatic heterocycles. The molecule has 0 unspecified atom stereocenters. The van der Waals surface area contributed by atoms with Crippen LogP contribution in [0.3, 0.4) is 0 Å². The van der Waals surface area contributed by atoms with Crippen molar-refractivity contribution in [3.05, 3.63) is 0 Å². The Morgan fingerprint density at radius 1 is 0.833 bits per heavy atom. The molecule has 0 bridgehead atoms. The summed E-state index contributed by atoms with van der Waals surface area (Å²) in [5, 5.41) is 0. The van der Waals surface area contributed by atoms with Crippen LogP contribution in [0.2, 0.25) is 0 Å². The normalized spacial score (nSPS) is 11.6. The number of halogens is 2. The zero-order valence-electron chi connectivity index (χ0n) is 10.8. The zero-order chi connectivity index (χ0) is 13.1. The third kappa shape index (κ3) is 18.1. The Morgan fingerprint density at radius 3 is 1.61 bits per heavy atom. The first-order valence-electron chi connectivity index (χ1n) is 6.15. The van der Waals surface area contributed by atoms with Crippen molar-refractivity contribution in [2.24, 2.45) is 0 Å². The summed E-state index contributed by atoms with van der Waals surface area (Å²) in [6.45, 7) is 0. The lowest BCUT2D eigenvalue weighted by Gasteiger charge is -2.02. The average molecular weight is 289 g/mol. The van der Waals surface area contributed by atoms with Gasteiger partial charge >= 0.3 is 0 Å². The molecular weight excluding hydrogens is 264 g/mol. The van der Waals surface area contributed by atoms with Crippen LogP contribution in [0, 0.1) is 0 Å². The van der Waals surface area contributed by atoms with Crippen LogP contribution >= 0.6 is 0 Å². The van der Waals surface area contributed by atoms with E-state index < -0.39 is 16.5 Å². The molecule has 0 saturated carbocycles. The number of unbranched alkanes of at least 4 members (excludes halogenated alkanes) is 7. The molecule has 0 aromatic heterocycles. The Bertz CT molecular complexity index is 271. The van der Waals surface area contributed by atoms with Crippen molar-refractivity contribution in [3.8, 4) is 0 Å². The lowest BCUT2D eigenvalue weighted by molar-refractivity contribution is 0.133. The third-order valence-electron chi connectivity index (χ3n) is 2.57. The van der Waals surface area contributed by atoms with E-state index in [9.17, 15) is 17.2 Å². The maximum absolute atomic E-state index is 11.8. The molecule has 0 aromatic rings. The van der Waals surface area contributed by atoms with Gasteiger partial charge in [-0.1, -0.05) is 38.5 Å². The smallest absolute Gasteiger partial charge is 0.264 e. The molecule has 0 rings (SSSR count). The highest BCUT2D eigenvalue weighted by atomic mass is 32.2. The molecule has 0 amide bonds. The van der Waals surface area contributed by atoms with Gasteiger partial charge in [0.1, 0.15) is 0 Å². The summed E-state index contributed by atoms with van der Waals surface area (Å²) in [5.41, 5.74) is 0. The first kappa shape index (κ1) is 20.1. The Morgan fingerprint density at radius 2 is 1.22 bits per heavy atom. The molecule has 4 N–H and O–H groups in total. The number of hydrogen-bond acceptors (Lipinski definition) is 3. The Balaban J connectivity index is 0. The second kappa shape index (κ2) is 11.8. The Labute approximate surface area is 108 Å². The molecule has 0 radical (unpaired) electrons. The lowest BCUT2D eigenvalue weighted by Crippen LogP contribution is -2.03. The molecule has 0 aromatic carbocycles. The van der Waals surface area contributed by atoms with Crippen molar-refractivity contribution in [3.63, 3.8) is 0 Å². The highest BCUT2D eigenvalue weighted by Crippen LogP contribution is 2.12. The zero-order valence-corrected chi connectivity index (χ0v) is 11.6. The van der Waals surface area contributed by atoms with Crippen LogP contribution in [0.5, 0.6) is 0 Å². The third-order valence-corrected chi connectivity index (χ3v) is 3.38. The van der Waals surface area contributed by atoms with Gasteiger partial charge in [-0.2, -0.15) is 8.42 Å². The van der Waals surface area contributed by atoms with E-state index in [0.717, 1.165) is 38.5 Å². The molecular formula is C11H25F2NO3S. The minimum atomic E-state index is -3.81. The number of alkyl halides is 2. The standard InChI is InChI=1S/C11H22F2O3S.H3N/c12-11(13)9-7-5-3-1-2-4-6-8-10-17(14,15)16;/h11H,1-10H2,(H,14,15,16);1H3. The van der Waals surface area contributed by atoms with Gasteiger partial charge in [-0.05, 0) is 12.8 Å². The van der Waals surface area contributed by atoms with Gasteiger partial charge in [0, 0.05) is 6.42 Å². The van der Waals surface area contributed by atoms with E-state index in [1.54, 1.807) is 0 Å². The lowest BCUT2D eigenvalue weighted by atomic mass is 10.1. The van der Waals surface area contributed by atoms with Crippen LogP contribution in [-0.2, 0) is 10.1 Å². The molecule has 0 aliphatic rings. The summed E-state index contributed by atoms with van der Waals surface area (Å²) >= 11 is 0. The Hall–Kier alpha value is -0.270. The fourth-order valence-electron chi connectivity index (χ4n) is 1.64. The van der Waals surface area contributed by atoms with E-state index in [-0.39, 0.29) is 18.3 Å². The molecule has 0 aliphatic carbocycles. The van der Waals surface area contributed by atoms with E-state index in [0.29, 0.717) is 12.8 Å². The minimum absolute atomic E-state index is 0. The first-order valence-corrected chi connectivity index (χ1v) is 7.76. The fraction of sp³-hybridized carbons (Fsp3) is 1.00. The molecule has 0 spiro atoms. The van der Waals surface area contributed by atoms with E-state index in [1.807, 2.05) is 0 Å². The average Bonchev–Trinajstić information content (AvgIpc) is 2.18. The maximum Gasteiger partial charge on any atom is 0.264 e. The van der Waals surface area contributed by atoms with Crippen LogP contribution in [0.1, 0.15) is 57.8 Å². The predicted octanol–water partition coefficient (Wildman–Crippen LogP) is 3.81. The van der Waals surface area contributed by atoms with Gasteiger partial charge in [-0.15, -0.1) is 0 Å². The number of rotatable bonds is 11. The highest BCUT2D eigenvalue weighted by molar-refractivity contribution is 7.85. The molecule has 7 heteroatoms. The van der Waals surface area contributed by atoms with Gasteiger partial charge in [0.2, 0.25) is 6.43 Å². The highest BCUT2D eigenvalue weighted by Gasteiger charge is 2.03. The molecule has 0 saturated heterocycles. The van der Waals surface area contributed by atoms with E-state index in [4.69, 9.17) is 4.55 Å². The Kier molecular flexibility index (Phi) is 13.1. The van der Waals surface area contributed by atoms with Crippen LogP contribution < -0.4 is 6.15 Å². The van der Waals surface area contributed by atoms with Gasteiger partial charge in [-0.3, -0.25) is 4.55 Å². The molecule has 0 heterocycles. The van der Waals surface area contributed by atoms with Gasteiger partial charge in [-0.25, -0.2) is 8.78 Å². The summed E-state index contributed by atoms with van der Waals surface area (Å²) < 4.78 is 52.8. The van der Waals surface area contributed by atoms with Gasteiger partial charge in [0.05, 0.1) is 5.75 Å². The maximum atomic E-state index is 11.8. The molecule has 0 atom stereocenters. The van der Waals surface area contributed by atoms with Crippen molar-refractivity contribution >= 4 is 10.1 Å². The first-order chi connectivity index (χ1) is 7.92. The predicted molar refractivity (Wildman–Crippen MR) is 69.0 cm³/mol. The largest absolute Gasteiger partial charge is 0.344 e. The van der Waals surface area contributed by atoms with Gasteiger partial charge in [0.25, 0.3) is 10.1 Å². The van der Waals surface area contributed by atoms with Crippen molar-refractivity contribution in [2.75, 3.05) is 5.75 Å².